The van der Waals surface area contributed by atoms with Gasteiger partial charge in [0.2, 0.25) is 0 Å². The molecule has 0 saturated carbocycles. The molecule has 0 aliphatic rings. The number of rotatable bonds is 7. The lowest BCUT2D eigenvalue weighted by Crippen LogP contribution is -2.14. The van der Waals surface area contributed by atoms with Crippen LogP contribution in [0.2, 0.25) is 0 Å². The monoisotopic (exact) mass is 427 g/mol. The second-order valence-corrected chi connectivity index (χ2v) is 9.06. The van der Waals surface area contributed by atoms with Crippen LogP contribution in [0.4, 0.5) is 5.69 Å². The molecule has 7 nitrogen and oxygen atoms in total. The van der Waals surface area contributed by atoms with Crippen molar-refractivity contribution >= 4 is 22.0 Å². The first-order valence-corrected chi connectivity index (χ1v) is 11.0. The first kappa shape index (κ1) is 21.6. The largest absolute Gasteiger partial charge is 0.491 e. The minimum absolute atomic E-state index is 0.0299. The van der Waals surface area contributed by atoms with Gasteiger partial charge in [-0.15, -0.1) is 0 Å². The van der Waals surface area contributed by atoms with Gasteiger partial charge < -0.3 is 4.74 Å². The van der Waals surface area contributed by atoms with Crippen molar-refractivity contribution in [1.29, 1.82) is 0 Å². The minimum Gasteiger partial charge on any atom is -0.491 e. The van der Waals surface area contributed by atoms with Crippen LogP contribution in [0.15, 0.2) is 47.4 Å². The highest BCUT2D eigenvalue weighted by Crippen LogP contribution is 2.28. The topological polar surface area (TPSA) is 90.3 Å². The molecule has 0 atom stereocenters. The van der Waals surface area contributed by atoms with Gasteiger partial charge >= 0.3 is 0 Å². The molecule has 0 aliphatic carbocycles. The molecule has 1 aromatic heterocycles. The molecule has 1 N–H and O–H groups in total. The highest BCUT2D eigenvalue weighted by Gasteiger charge is 2.19. The number of benzene rings is 2. The molecule has 1 heterocycles. The smallest absolute Gasteiger partial charge is 0.262 e. The van der Waals surface area contributed by atoms with Gasteiger partial charge in [-0.1, -0.05) is 12.1 Å². The van der Waals surface area contributed by atoms with Crippen molar-refractivity contribution < 1.29 is 17.9 Å². The number of aldehydes is 1. The van der Waals surface area contributed by atoms with E-state index in [4.69, 9.17) is 4.74 Å². The summed E-state index contributed by atoms with van der Waals surface area (Å²) in [6, 6.07) is 11.7. The molecule has 8 heteroatoms. The maximum absolute atomic E-state index is 12.8. The van der Waals surface area contributed by atoms with Crippen LogP contribution in [-0.2, 0) is 17.1 Å². The Balaban J connectivity index is 1.91. The van der Waals surface area contributed by atoms with Crippen LogP contribution < -0.4 is 9.46 Å². The van der Waals surface area contributed by atoms with Crippen LogP contribution in [0.25, 0.3) is 11.1 Å². The summed E-state index contributed by atoms with van der Waals surface area (Å²) >= 11 is 0. The summed E-state index contributed by atoms with van der Waals surface area (Å²) in [6.45, 7) is 7.37. The van der Waals surface area contributed by atoms with E-state index < -0.39 is 10.0 Å². The summed E-state index contributed by atoms with van der Waals surface area (Å²) in [4.78, 5) is 11.4. The number of ether oxygens (including phenoxy) is 1. The number of aromatic nitrogens is 2. The number of nitrogens with one attached hydrogen (secondary N) is 1. The van der Waals surface area contributed by atoms with E-state index >= 15 is 0 Å². The highest BCUT2D eigenvalue weighted by molar-refractivity contribution is 7.92. The standard InChI is InChI=1S/C22H25N3O4S/c1-14(2)29-20-11-17(13-26)10-19(12-20)18-6-8-21(9-7-18)30(27,28)24-22-15(3)23-25(5)16(22)4/h6-14,24H,1-5H3. The molecule has 0 saturated heterocycles. The number of carbonyl (C=O) groups is 1. The number of hydrogen-bond acceptors (Lipinski definition) is 5. The first-order valence-electron chi connectivity index (χ1n) is 9.51. The van der Waals surface area contributed by atoms with Crippen LogP contribution in [0, 0.1) is 13.8 Å². The number of nitrogens with zero attached hydrogens (tertiary/aromatic N) is 2. The lowest BCUT2D eigenvalue weighted by atomic mass is 10.0. The Hall–Kier alpha value is -3.13. The highest BCUT2D eigenvalue weighted by atomic mass is 32.2. The summed E-state index contributed by atoms with van der Waals surface area (Å²) in [5.41, 5.74) is 3.86. The van der Waals surface area contributed by atoms with Gasteiger partial charge in [0, 0.05) is 12.6 Å². The molecule has 30 heavy (non-hydrogen) atoms. The zero-order valence-corrected chi connectivity index (χ0v) is 18.4. The van der Waals surface area contributed by atoms with Crippen molar-refractivity contribution in [3.63, 3.8) is 0 Å². The molecule has 0 bridgehead atoms. The summed E-state index contributed by atoms with van der Waals surface area (Å²) in [6.07, 6.45) is 0.732. The fourth-order valence-corrected chi connectivity index (χ4v) is 4.31. The number of aryl methyl sites for hydroxylation is 2. The lowest BCUT2D eigenvalue weighted by molar-refractivity contribution is 0.112. The van der Waals surface area contributed by atoms with E-state index in [0.717, 1.165) is 23.1 Å². The quantitative estimate of drug-likeness (QED) is 0.573. The van der Waals surface area contributed by atoms with Crippen LogP contribution >= 0.6 is 0 Å². The van der Waals surface area contributed by atoms with E-state index in [1.165, 1.54) is 12.1 Å². The average Bonchev–Trinajstić information content (AvgIpc) is 2.93. The van der Waals surface area contributed by atoms with Crippen molar-refractivity contribution in [2.45, 2.75) is 38.7 Å². The number of carbonyl (C=O) groups excluding carboxylic acids is 1. The Morgan fingerprint density at radius 3 is 2.27 bits per heavy atom. The van der Waals surface area contributed by atoms with Gasteiger partial charge in [0.25, 0.3) is 10.0 Å². The van der Waals surface area contributed by atoms with E-state index in [1.807, 2.05) is 19.9 Å². The molecular formula is C22H25N3O4S. The molecule has 0 unspecified atom stereocenters. The first-order chi connectivity index (χ1) is 14.1. The Labute approximate surface area is 176 Å². The zero-order chi connectivity index (χ0) is 22.1. The van der Waals surface area contributed by atoms with Crippen LogP contribution in [0.5, 0.6) is 5.75 Å². The predicted octanol–water partition coefficient (Wildman–Crippen LogP) is 4.10. The van der Waals surface area contributed by atoms with Crippen molar-refractivity contribution in [3.05, 3.63) is 59.4 Å². The van der Waals surface area contributed by atoms with Crippen molar-refractivity contribution in [2.75, 3.05) is 4.72 Å². The molecule has 0 aliphatic heterocycles. The van der Waals surface area contributed by atoms with E-state index in [0.29, 0.717) is 22.7 Å². The molecule has 0 amide bonds. The number of sulfonamides is 1. The van der Waals surface area contributed by atoms with Gasteiger partial charge in [0.1, 0.15) is 12.0 Å². The Bertz CT molecular complexity index is 1180. The van der Waals surface area contributed by atoms with Crippen LogP contribution in [-0.4, -0.2) is 30.6 Å². The molecule has 0 radical (unpaired) electrons. The summed E-state index contributed by atoms with van der Waals surface area (Å²) in [5, 5.41) is 4.24. The fourth-order valence-electron chi connectivity index (χ4n) is 3.14. The lowest BCUT2D eigenvalue weighted by Gasteiger charge is -2.13. The Morgan fingerprint density at radius 2 is 1.73 bits per heavy atom. The predicted molar refractivity (Wildman–Crippen MR) is 117 cm³/mol. The third-order valence-corrected chi connectivity index (χ3v) is 6.05. The van der Waals surface area contributed by atoms with E-state index in [2.05, 4.69) is 9.82 Å². The van der Waals surface area contributed by atoms with Gasteiger partial charge in [-0.2, -0.15) is 5.10 Å². The van der Waals surface area contributed by atoms with Gasteiger partial charge in [0.05, 0.1) is 28.1 Å². The fraction of sp³-hybridized carbons (Fsp3) is 0.273. The molecular weight excluding hydrogens is 402 g/mol. The van der Waals surface area contributed by atoms with Gasteiger partial charge in [-0.3, -0.25) is 14.2 Å². The van der Waals surface area contributed by atoms with Crippen LogP contribution in [0.1, 0.15) is 35.6 Å². The molecule has 0 spiro atoms. The molecule has 3 rings (SSSR count). The maximum atomic E-state index is 12.8. The molecule has 2 aromatic carbocycles. The number of hydrogen-bond donors (Lipinski definition) is 1. The van der Waals surface area contributed by atoms with Crippen molar-refractivity contribution in [1.82, 2.24) is 9.78 Å². The average molecular weight is 428 g/mol. The van der Waals surface area contributed by atoms with Gasteiger partial charge in [-0.25, -0.2) is 8.42 Å². The number of anilines is 1. The normalized spacial score (nSPS) is 11.5. The molecule has 0 fully saturated rings. The SMILES string of the molecule is Cc1nn(C)c(C)c1NS(=O)(=O)c1ccc(-c2cc(C=O)cc(OC(C)C)c2)cc1. The zero-order valence-electron chi connectivity index (χ0n) is 17.6. The van der Waals surface area contributed by atoms with E-state index in [1.54, 1.807) is 49.8 Å². The summed E-state index contributed by atoms with van der Waals surface area (Å²) in [7, 11) is -2.00. The second-order valence-electron chi connectivity index (χ2n) is 7.37. The Morgan fingerprint density at radius 1 is 1.07 bits per heavy atom. The molecule has 158 valence electrons. The molecule has 3 aromatic rings. The summed E-state index contributed by atoms with van der Waals surface area (Å²) in [5.74, 6) is 0.588. The summed E-state index contributed by atoms with van der Waals surface area (Å²) < 4.78 is 35.6. The van der Waals surface area contributed by atoms with Crippen molar-refractivity contribution in [3.8, 4) is 16.9 Å². The van der Waals surface area contributed by atoms with E-state index in [9.17, 15) is 13.2 Å². The van der Waals surface area contributed by atoms with Gasteiger partial charge in [0.15, 0.2) is 0 Å². The minimum atomic E-state index is -3.77. The second kappa shape index (κ2) is 8.31. The van der Waals surface area contributed by atoms with Gasteiger partial charge in [-0.05, 0) is 69.2 Å². The van der Waals surface area contributed by atoms with E-state index in [-0.39, 0.29) is 11.0 Å². The van der Waals surface area contributed by atoms with Crippen LogP contribution in [0.3, 0.4) is 0 Å². The third kappa shape index (κ3) is 4.54. The third-order valence-electron chi connectivity index (χ3n) is 4.68. The maximum Gasteiger partial charge on any atom is 0.262 e. The Kier molecular flexibility index (Phi) is 5.98. The van der Waals surface area contributed by atoms with Crippen molar-refractivity contribution in [2.24, 2.45) is 7.05 Å².